The van der Waals surface area contributed by atoms with E-state index in [0.29, 0.717) is 0 Å². The highest BCUT2D eigenvalue weighted by Gasteiger charge is 2.60. The Morgan fingerprint density at radius 1 is 0.962 bits per heavy atom. The van der Waals surface area contributed by atoms with Crippen LogP contribution in [0.2, 0.25) is 0 Å². The van der Waals surface area contributed by atoms with Crippen molar-refractivity contribution in [3.8, 4) is 0 Å². The third-order valence-corrected chi connectivity index (χ3v) is 4.56. The quantitative estimate of drug-likeness (QED) is 0.260. The van der Waals surface area contributed by atoms with E-state index in [9.17, 15) is 24.5 Å². The topological polar surface area (TPSA) is 104 Å². The smallest absolute Gasteiger partial charge is 0.374 e. The highest BCUT2D eigenvalue weighted by atomic mass is 16.6. The zero-order chi connectivity index (χ0) is 18.8. The van der Waals surface area contributed by atoms with E-state index in [1.54, 1.807) is 24.3 Å². The summed E-state index contributed by atoms with van der Waals surface area (Å²) >= 11 is 0. The van der Waals surface area contributed by atoms with Crippen LogP contribution in [0.1, 0.15) is 21.8 Å². The number of hydrogen-bond donors (Lipinski definition) is 0. The highest BCUT2D eigenvalue weighted by Crippen LogP contribution is 2.56. The molecule has 26 heavy (non-hydrogen) atoms. The van der Waals surface area contributed by atoms with Crippen molar-refractivity contribution >= 4 is 23.2 Å². The van der Waals surface area contributed by atoms with Crippen molar-refractivity contribution in [2.45, 2.75) is 5.92 Å². The maximum absolute atomic E-state index is 12.8. The van der Waals surface area contributed by atoms with Crippen molar-refractivity contribution < 1.29 is 24.0 Å². The van der Waals surface area contributed by atoms with Gasteiger partial charge in [-0.1, -0.05) is 30.3 Å². The van der Waals surface area contributed by atoms with Crippen molar-refractivity contribution in [1.82, 2.24) is 0 Å². The Hall–Kier alpha value is -3.35. The number of hydrogen-bond acceptors (Lipinski definition) is 6. The SMILES string of the molecule is COC(=O)C(=O)[C@H]1[C@@H](C(=O)c2ccc([N+](=O)[O-])cc2)[C@@H]1c1ccccc1. The fourth-order valence-corrected chi connectivity index (χ4v) is 3.23. The van der Waals surface area contributed by atoms with Gasteiger partial charge in [-0.3, -0.25) is 19.7 Å². The Kier molecular flexibility index (Phi) is 4.62. The summed E-state index contributed by atoms with van der Waals surface area (Å²) < 4.78 is 4.50. The summed E-state index contributed by atoms with van der Waals surface area (Å²) in [5, 5.41) is 10.7. The second-order valence-electron chi connectivity index (χ2n) is 6.01. The fourth-order valence-electron chi connectivity index (χ4n) is 3.23. The van der Waals surface area contributed by atoms with E-state index in [1.807, 2.05) is 6.07 Å². The molecule has 7 heteroatoms. The number of carbonyl (C=O) groups is 3. The van der Waals surface area contributed by atoms with Gasteiger partial charge in [0.2, 0.25) is 5.78 Å². The normalized spacial score (nSPS) is 20.9. The van der Waals surface area contributed by atoms with Crippen LogP contribution < -0.4 is 0 Å². The first kappa shape index (κ1) is 17.5. The molecule has 3 atom stereocenters. The number of non-ortho nitro benzene ring substituents is 1. The molecule has 1 saturated carbocycles. The lowest BCUT2D eigenvalue weighted by Crippen LogP contribution is -2.20. The first-order valence-corrected chi connectivity index (χ1v) is 7.91. The number of methoxy groups -OCH3 is 1. The second kappa shape index (κ2) is 6.87. The molecule has 1 aliphatic rings. The van der Waals surface area contributed by atoms with Gasteiger partial charge in [0.05, 0.1) is 12.0 Å². The average Bonchev–Trinajstić information content (AvgIpc) is 3.42. The summed E-state index contributed by atoms with van der Waals surface area (Å²) in [6.45, 7) is 0. The van der Waals surface area contributed by atoms with E-state index in [0.717, 1.165) is 12.7 Å². The largest absolute Gasteiger partial charge is 0.463 e. The van der Waals surface area contributed by atoms with E-state index >= 15 is 0 Å². The molecule has 7 nitrogen and oxygen atoms in total. The van der Waals surface area contributed by atoms with E-state index in [1.165, 1.54) is 24.3 Å². The molecule has 3 rings (SSSR count). The first-order chi connectivity index (χ1) is 12.5. The number of esters is 1. The third kappa shape index (κ3) is 3.11. The van der Waals surface area contributed by atoms with Gasteiger partial charge in [-0.15, -0.1) is 0 Å². The minimum absolute atomic E-state index is 0.126. The molecular weight excluding hydrogens is 338 g/mol. The first-order valence-electron chi connectivity index (χ1n) is 7.91. The van der Waals surface area contributed by atoms with Crippen molar-refractivity contribution in [2.75, 3.05) is 7.11 Å². The number of nitrogens with zero attached hydrogens (tertiary/aromatic N) is 1. The van der Waals surface area contributed by atoms with Crippen LogP contribution in [-0.2, 0) is 14.3 Å². The van der Waals surface area contributed by atoms with Gasteiger partial charge < -0.3 is 4.74 Å². The molecule has 0 aromatic heterocycles. The van der Waals surface area contributed by atoms with E-state index in [-0.39, 0.29) is 17.0 Å². The van der Waals surface area contributed by atoms with Crippen molar-refractivity contribution in [2.24, 2.45) is 11.8 Å². The van der Waals surface area contributed by atoms with Gasteiger partial charge >= 0.3 is 5.97 Å². The minimum atomic E-state index is -0.977. The van der Waals surface area contributed by atoms with Crippen LogP contribution in [-0.4, -0.2) is 29.6 Å². The zero-order valence-corrected chi connectivity index (χ0v) is 13.8. The fraction of sp³-hybridized carbons (Fsp3) is 0.211. The highest BCUT2D eigenvalue weighted by molar-refractivity contribution is 6.36. The lowest BCUT2D eigenvalue weighted by atomic mass is 10.0. The predicted molar refractivity (Wildman–Crippen MR) is 90.6 cm³/mol. The molecule has 2 aromatic carbocycles. The molecule has 2 aromatic rings. The van der Waals surface area contributed by atoms with Crippen molar-refractivity contribution in [3.05, 3.63) is 75.8 Å². The molecule has 132 valence electrons. The monoisotopic (exact) mass is 353 g/mol. The number of nitro groups is 1. The van der Waals surface area contributed by atoms with E-state index < -0.39 is 34.4 Å². The van der Waals surface area contributed by atoms with Crippen LogP contribution >= 0.6 is 0 Å². The maximum Gasteiger partial charge on any atom is 0.374 e. The van der Waals surface area contributed by atoms with Gasteiger partial charge in [0.15, 0.2) is 5.78 Å². The predicted octanol–water partition coefficient (Wildman–Crippen LogP) is 2.55. The summed E-state index contributed by atoms with van der Waals surface area (Å²) in [5.74, 6) is -3.92. The Balaban J connectivity index is 1.90. The number of carbonyl (C=O) groups excluding carboxylic acids is 3. The minimum Gasteiger partial charge on any atom is -0.463 e. The molecule has 0 amide bonds. The number of benzene rings is 2. The molecular formula is C19H15NO6. The molecule has 1 aliphatic carbocycles. The van der Waals surface area contributed by atoms with Crippen molar-refractivity contribution in [1.29, 1.82) is 0 Å². The molecule has 0 aliphatic heterocycles. The molecule has 0 N–H and O–H groups in total. The zero-order valence-electron chi connectivity index (χ0n) is 13.8. The standard InChI is InChI=1S/C19H15NO6/c1-26-19(23)18(22)16-14(11-5-3-2-4-6-11)15(16)17(21)12-7-9-13(10-8-12)20(24)25/h2-10,14-16H,1H3/t14-,15-,16+/m0/s1. The summed E-state index contributed by atoms with van der Waals surface area (Å²) in [4.78, 5) is 46.9. The Morgan fingerprint density at radius 2 is 1.58 bits per heavy atom. The summed E-state index contributed by atoms with van der Waals surface area (Å²) in [6.07, 6.45) is 0. The second-order valence-corrected chi connectivity index (χ2v) is 6.01. The number of ether oxygens (including phenoxy) is 1. The summed E-state index contributed by atoms with van der Waals surface area (Å²) in [6, 6.07) is 14.2. The van der Waals surface area contributed by atoms with E-state index in [2.05, 4.69) is 4.74 Å². The van der Waals surface area contributed by atoms with Gasteiger partial charge in [-0.2, -0.15) is 0 Å². The maximum atomic E-state index is 12.8. The van der Waals surface area contributed by atoms with Crippen LogP contribution in [0, 0.1) is 22.0 Å². The summed E-state index contributed by atoms with van der Waals surface area (Å²) in [7, 11) is 1.12. The van der Waals surface area contributed by atoms with Gasteiger partial charge in [0, 0.05) is 35.4 Å². The Morgan fingerprint density at radius 3 is 2.12 bits per heavy atom. The molecule has 0 bridgehead atoms. The van der Waals surface area contributed by atoms with Crippen LogP contribution in [0.5, 0.6) is 0 Å². The number of nitro benzene ring substituents is 1. The summed E-state index contributed by atoms with van der Waals surface area (Å²) in [5.41, 5.74) is 0.927. The van der Waals surface area contributed by atoms with Gasteiger partial charge in [-0.25, -0.2) is 4.79 Å². The molecule has 0 heterocycles. The number of Topliss-reactive ketones (excluding diaryl/α,β-unsaturated/α-hetero) is 2. The molecule has 0 spiro atoms. The van der Waals surface area contributed by atoms with Gasteiger partial charge in [0.25, 0.3) is 5.69 Å². The van der Waals surface area contributed by atoms with Crippen LogP contribution in [0.3, 0.4) is 0 Å². The molecule has 1 fully saturated rings. The van der Waals surface area contributed by atoms with E-state index in [4.69, 9.17) is 0 Å². The molecule has 0 radical (unpaired) electrons. The Bertz CT molecular complexity index is 875. The number of rotatable bonds is 6. The average molecular weight is 353 g/mol. The lowest BCUT2D eigenvalue weighted by Gasteiger charge is -2.01. The van der Waals surface area contributed by atoms with Gasteiger partial charge in [0.1, 0.15) is 0 Å². The van der Waals surface area contributed by atoms with Crippen LogP contribution in [0.15, 0.2) is 54.6 Å². The van der Waals surface area contributed by atoms with Gasteiger partial charge in [-0.05, 0) is 17.7 Å². The lowest BCUT2D eigenvalue weighted by molar-refractivity contribution is -0.384. The molecule has 0 saturated heterocycles. The third-order valence-electron chi connectivity index (χ3n) is 4.56. The van der Waals surface area contributed by atoms with Crippen molar-refractivity contribution in [3.63, 3.8) is 0 Å². The molecule has 0 unspecified atom stereocenters. The van der Waals surface area contributed by atoms with Crippen LogP contribution in [0.25, 0.3) is 0 Å². The number of ketones is 2. The Labute approximate surface area is 148 Å². The van der Waals surface area contributed by atoms with Crippen LogP contribution in [0.4, 0.5) is 5.69 Å².